The van der Waals surface area contributed by atoms with Gasteiger partial charge in [-0.3, -0.25) is 4.79 Å². The van der Waals surface area contributed by atoms with Crippen LogP contribution in [0.1, 0.15) is 5.56 Å². The van der Waals surface area contributed by atoms with Crippen molar-refractivity contribution >= 4 is 27.4 Å². The number of fused-ring (bicyclic) bond motifs is 1. The summed E-state index contributed by atoms with van der Waals surface area (Å²) in [5.41, 5.74) is 0.750. The standard InChI is InChI=1S/C10H8O3S/c11-8-2-1-6(5-9(12)13)10-7(8)3-4-14-10/h1-4,11H,5H2,(H,12,13). The summed E-state index contributed by atoms with van der Waals surface area (Å²) in [6.07, 6.45) is -0.00269. The molecule has 0 aliphatic carbocycles. The van der Waals surface area contributed by atoms with E-state index in [0.717, 1.165) is 15.6 Å². The number of carbonyl (C=O) groups is 1. The van der Waals surface area contributed by atoms with Gasteiger partial charge in [-0.15, -0.1) is 11.3 Å². The molecule has 0 aliphatic heterocycles. The molecule has 2 rings (SSSR count). The minimum Gasteiger partial charge on any atom is -0.507 e. The highest BCUT2D eigenvalue weighted by atomic mass is 32.1. The molecule has 1 aromatic carbocycles. The molecule has 0 spiro atoms. The van der Waals surface area contributed by atoms with E-state index in [0.29, 0.717) is 0 Å². The molecular weight excluding hydrogens is 200 g/mol. The summed E-state index contributed by atoms with van der Waals surface area (Å²) in [5.74, 6) is -0.652. The second-order valence-electron chi connectivity index (χ2n) is 2.98. The number of phenols is 1. The van der Waals surface area contributed by atoms with Crippen LogP contribution in [0.2, 0.25) is 0 Å². The van der Waals surface area contributed by atoms with Crippen molar-refractivity contribution in [1.82, 2.24) is 0 Å². The van der Waals surface area contributed by atoms with Crippen molar-refractivity contribution < 1.29 is 15.0 Å². The summed E-state index contributed by atoms with van der Waals surface area (Å²) in [4.78, 5) is 10.6. The van der Waals surface area contributed by atoms with Crippen LogP contribution in [-0.2, 0) is 11.2 Å². The maximum Gasteiger partial charge on any atom is 0.307 e. The molecule has 0 fully saturated rings. The Bertz CT molecular complexity index is 487. The van der Waals surface area contributed by atoms with Crippen molar-refractivity contribution in [2.45, 2.75) is 6.42 Å². The molecule has 0 atom stereocenters. The van der Waals surface area contributed by atoms with Gasteiger partial charge in [0.05, 0.1) is 6.42 Å². The molecule has 0 bridgehead atoms. The van der Waals surface area contributed by atoms with E-state index in [9.17, 15) is 9.90 Å². The van der Waals surface area contributed by atoms with Gasteiger partial charge in [0.1, 0.15) is 5.75 Å². The molecule has 0 saturated carbocycles. The average molecular weight is 208 g/mol. The summed E-state index contributed by atoms with van der Waals surface area (Å²) < 4.78 is 0.854. The van der Waals surface area contributed by atoms with Gasteiger partial charge in [-0.05, 0) is 23.1 Å². The van der Waals surface area contributed by atoms with E-state index in [1.807, 2.05) is 5.38 Å². The topological polar surface area (TPSA) is 57.5 Å². The molecule has 0 saturated heterocycles. The lowest BCUT2D eigenvalue weighted by molar-refractivity contribution is -0.136. The van der Waals surface area contributed by atoms with Gasteiger partial charge in [0.2, 0.25) is 0 Å². The minimum absolute atomic E-state index is 0.00269. The van der Waals surface area contributed by atoms with E-state index in [1.165, 1.54) is 17.4 Å². The van der Waals surface area contributed by atoms with Crippen LogP contribution in [0.15, 0.2) is 23.6 Å². The number of phenolic OH excluding ortho intramolecular Hbond substituents is 1. The fourth-order valence-corrected chi connectivity index (χ4v) is 2.34. The Morgan fingerprint density at radius 2 is 2.14 bits per heavy atom. The Kier molecular flexibility index (Phi) is 2.13. The first kappa shape index (κ1) is 9.02. The fourth-order valence-electron chi connectivity index (χ4n) is 1.41. The Morgan fingerprint density at radius 1 is 1.36 bits per heavy atom. The first-order valence-electron chi connectivity index (χ1n) is 4.08. The Balaban J connectivity index is 2.60. The van der Waals surface area contributed by atoms with Crippen LogP contribution in [0.3, 0.4) is 0 Å². The molecule has 14 heavy (non-hydrogen) atoms. The molecule has 2 N–H and O–H groups in total. The Hall–Kier alpha value is -1.55. The van der Waals surface area contributed by atoms with Gasteiger partial charge >= 0.3 is 5.97 Å². The number of rotatable bonds is 2. The molecule has 72 valence electrons. The van der Waals surface area contributed by atoms with E-state index in [2.05, 4.69) is 0 Å². The number of carboxylic acid groups (broad SMARTS) is 1. The summed E-state index contributed by atoms with van der Waals surface area (Å²) in [6.45, 7) is 0. The number of aromatic hydroxyl groups is 1. The molecule has 1 aromatic heterocycles. The van der Waals surface area contributed by atoms with Crippen LogP contribution < -0.4 is 0 Å². The van der Waals surface area contributed by atoms with Crippen LogP contribution >= 0.6 is 11.3 Å². The van der Waals surface area contributed by atoms with Gasteiger partial charge in [-0.2, -0.15) is 0 Å². The van der Waals surface area contributed by atoms with Gasteiger partial charge < -0.3 is 10.2 Å². The zero-order chi connectivity index (χ0) is 10.1. The maximum atomic E-state index is 10.6. The fraction of sp³-hybridized carbons (Fsp3) is 0.100. The quantitative estimate of drug-likeness (QED) is 0.795. The highest BCUT2D eigenvalue weighted by Gasteiger charge is 2.09. The second kappa shape index (κ2) is 3.31. The number of hydrogen-bond donors (Lipinski definition) is 2. The summed E-state index contributed by atoms with van der Waals surface area (Å²) in [6, 6.07) is 4.98. The molecule has 3 nitrogen and oxygen atoms in total. The molecular formula is C10H8O3S. The molecule has 2 aromatic rings. The number of thiophene rings is 1. The lowest BCUT2D eigenvalue weighted by Crippen LogP contribution is -1.99. The SMILES string of the molecule is O=C(O)Cc1ccc(O)c2ccsc12. The first-order valence-corrected chi connectivity index (χ1v) is 4.96. The predicted octanol–water partition coefficient (Wildman–Crippen LogP) is 2.23. The third-order valence-electron chi connectivity index (χ3n) is 2.02. The molecule has 1 heterocycles. The first-order chi connectivity index (χ1) is 6.68. The van der Waals surface area contributed by atoms with Crippen molar-refractivity contribution in [1.29, 1.82) is 0 Å². The maximum absolute atomic E-state index is 10.6. The van der Waals surface area contributed by atoms with Gasteiger partial charge in [0, 0.05) is 10.1 Å². The smallest absolute Gasteiger partial charge is 0.307 e. The van der Waals surface area contributed by atoms with Crippen LogP contribution in [0.25, 0.3) is 10.1 Å². The van der Waals surface area contributed by atoms with Gasteiger partial charge in [0.25, 0.3) is 0 Å². The molecule has 0 unspecified atom stereocenters. The minimum atomic E-state index is -0.856. The van der Waals surface area contributed by atoms with Crippen LogP contribution in [0.4, 0.5) is 0 Å². The van der Waals surface area contributed by atoms with Crippen molar-refractivity contribution in [3.8, 4) is 5.75 Å². The van der Waals surface area contributed by atoms with Crippen molar-refractivity contribution in [3.05, 3.63) is 29.1 Å². The highest BCUT2D eigenvalue weighted by Crippen LogP contribution is 2.32. The second-order valence-corrected chi connectivity index (χ2v) is 3.89. The predicted molar refractivity (Wildman–Crippen MR) is 54.8 cm³/mol. The molecule has 0 amide bonds. The van der Waals surface area contributed by atoms with Crippen LogP contribution in [-0.4, -0.2) is 16.2 Å². The van der Waals surface area contributed by atoms with Gasteiger partial charge in [0.15, 0.2) is 0 Å². The zero-order valence-electron chi connectivity index (χ0n) is 7.23. The van der Waals surface area contributed by atoms with Crippen molar-refractivity contribution in [3.63, 3.8) is 0 Å². The Morgan fingerprint density at radius 3 is 2.86 bits per heavy atom. The summed E-state index contributed by atoms with van der Waals surface area (Å²) in [7, 11) is 0. The van der Waals surface area contributed by atoms with E-state index < -0.39 is 5.97 Å². The normalized spacial score (nSPS) is 10.6. The number of carboxylic acids is 1. The lowest BCUT2D eigenvalue weighted by atomic mass is 10.1. The van der Waals surface area contributed by atoms with E-state index in [-0.39, 0.29) is 12.2 Å². The van der Waals surface area contributed by atoms with Gasteiger partial charge in [-0.25, -0.2) is 0 Å². The largest absolute Gasteiger partial charge is 0.507 e. The number of hydrogen-bond acceptors (Lipinski definition) is 3. The van der Waals surface area contributed by atoms with Crippen LogP contribution in [0, 0.1) is 0 Å². The third-order valence-corrected chi connectivity index (χ3v) is 3.01. The number of aliphatic carboxylic acids is 1. The number of benzene rings is 1. The monoisotopic (exact) mass is 208 g/mol. The van der Waals surface area contributed by atoms with Crippen molar-refractivity contribution in [2.75, 3.05) is 0 Å². The summed E-state index contributed by atoms with van der Waals surface area (Å²) in [5, 5.41) is 20.7. The lowest BCUT2D eigenvalue weighted by Gasteiger charge is -2.00. The van der Waals surface area contributed by atoms with Crippen molar-refractivity contribution in [2.24, 2.45) is 0 Å². The third kappa shape index (κ3) is 1.44. The molecule has 0 radical (unpaired) electrons. The zero-order valence-corrected chi connectivity index (χ0v) is 8.04. The summed E-state index contributed by atoms with van der Waals surface area (Å²) >= 11 is 1.45. The van der Waals surface area contributed by atoms with E-state index in [1.54, 1.807) is 12.1 Å². The van der Waals surface area contributed by atoms with Gasteiger partial charge in [-0.1, -0.05) is 6.07 Å². The highest BCUT2D eigenvalue weighted by molar-refractivity contribution is 7.17. The Labute approximate surface area is 84.2 Å². The van der Waals surface area contributed by atoms with Crippen LogP contribution in [0.5, 0.6) is 5.75 Å². The average Bonchev–Trinajstić information content (AvgIpc) is 2.58. The molecule has 0 aliphatic rings. The van der Waals surface area contributed by atoms with E-state index in [4.69, 9.17) is 5.11 Å². The van der Waals surface area contributed by atoms with E-state index >= 15 is 0 Å². The molecule has 4 heteroatoms.